The molecule has 0 spiro atoms. The quantitative estimate of drug-likeness (QED) is 0.335. The van der Waals surface area contributed by atoms with E-state index in [9.17, 15) is 9.59 Å². The Labute approximate surface area is 181 Å². The molecule has 1 aliphatic rings. The molecule has 0 saturated carbocycles. The minimum Gasteiger partial charge on any atom is -0.274 e. The number of thioether (sulfide) groups is 1. The van der Waals surface area contributed by atoms with Crippen LogP contribution in [0.15, 0.2) is 77.7 Å². The molecule has 1 aliphatic heterocycles. The van der Waals surface area contributed by atoms with E-state index in [4.69, 9.17) is 0 Å². The molecule has 0 saturated heterocycles. The van der Waals surface area contributed by atoms with Crippen molar-refractivity contribution in [3.8, 4) is 11.8 Å². The molecule has 30 heavy (non-hydrogen) atoms. The van der Waals surface area contributed by atoms with E-state index in [0.29, 0.717) is 17.7 Å². The zero-order chi connectivity index (χ0) is 20.9. The van der Waals surface area contributed by atoms with Gasteiger partial charge >= 0.3 is 0 Å². The standard InChI is InChI=1S/C26H21NO2S/c1-30-22-15-13-19(14-16-22)11-12-21-7-4-6-20(18-21)8-5-17-27-25(28)23-9-2-3-10-24(23)26(27)29/h2-4,6-7,9-10,13-16,18H,5,8,17H2,1H3. The van der Waals surface area contributed by atoms with Gasteiger partial charge in [0.2, 0.25) is 0 Å². The van der Waals surface area contributed by atoms with Crippen molar-refractivity contribution in [1.29, 1.82) is 0 Å². The summed E-state index contributed by atoms with van der Waals surface area (Å²) in [5, 5.41) is 0. The van der Waals surface area contributed by atoms with E-state index in [-0.39, 0.29) is 11.8 Å². The smallest absolute Gasteiger partial charge is 0.261 e. The van der Waals surface area contributed by atoms with Crippen LogP contribution in [0, 0.1) is 11.8 Å². The van der Waals surface area contributed by atoms with Gasteiger partial charge in [0.05, 0.1) is 11.1 Å². The molecule has 0 fully saturated rings. The Bertz CT molecular complexity index is 1120. The number of hydrogen-bond acceptors (Lipinski definition) is 3. The molecule has 0 unspecified atom stereocenters. The minimum atomic E-state index is -0.192. The SMILES string of the molecule is CSc1ccc(C#Cc2cccc(CCCN3C(=O)c4ccccc4C3=O)c2)cc1. The van der Waals surface area contributed by atoms with E-state index >= 15 is 0 Å². The van der Waals surface area contributed by atoms with Crippen LogP contribution in [0.5, 0.6) is 0 Å². The molecule has 4 rings (SSSR count). The lowest BCUT2D eigenvalue weighted by Gasteiger charge is -2.13. The number of nitrogens with zero attached hydrogens (tertiary/aromatic N) is 1. The number of hydrogen-bond donors (Lipinski definition) is 0. The molecule has 0 N–H and O–H groups in total. The molecule has 0 atom stereocenters. The van der Waals surface area contributed by atoms with Crippen LogP contribution in [0.25, 0.3) is 0 Å². The van der Waals surface area contributed by atoms with Gasteiger partial charge in [-0.15, -0.1) is 11.8 Å². The fourth-order valence-corrected chi connectivity index (χ4v) is 3.92. The van der Waals surface area contributed by atoms with Gasteiger partial charge in [-0.1, -0.05) is 36.1 Å². The Balaban J connectivity index is 1.37. The molecule has 2 amide bonds. The van der Waals surface area contributed by atoms with Crippen LogP contribution in [0.3, 0.4) is 0 Å². The molecule has 0 aliphatic carbocycles. The Morgan fingerprint density at radius 1 is 0.800 bits per heavy atom. The number of carbonyl (C=O) groups excluding carboxylic acids is 2. The van der Waals surface area contributed by atoms with Gasteiger partial charge in [0.15, 0.2) is 0 Å². The van der Waals surface area contributed by atoms with E-state index < -0.39 is 0 Å². The molecule has 0 radical (unpaired) electrons. The van der Waals surface area contributed by atoms with Crippen LogP contribution in [0.2, 0.25) is 0 Å². The summed E-state index contributed by atoms with van der Waals surface area (Å²) in [7, 11) is 0. The van der Waals surface area contributed by atoms with E-state index in [0.717, 1.165) is 29.5 Å². The summed E-state index contributed by atoms with van der Waals surface area (Å²) in [5.41, 5.74) is 4.11. The van der Waals surface area contributed by atoms with Crippen molar-refractivity contribution < 1.29 is 9.59 Å². The number of amides is 2. The molecular formula is C26H21NO2S. The lowest BCUT2D eigenvalue weighted by atomic mass is 10.1. The maximum absolute atomic E-state index is 12.4. The number of fused-ring (bicyclic) bond motifs is 1. The van der Waals surface area contributed by atoms with Gasteiger partial charge in [0, 0.05) is 22.6 Å². The third kappa shape index (κ3) is 4.32. The lowest BCUT2D eigenvalue weighted by molar-refractivity contribution is 0.0652. The topological polar surface area (TPSA) is 37.4 Å². The zero-order valence-corrected chi connectivity index (χ0v) is 17.5. The first-order valence-electron chi connectivity index (χ1n) is 9.86. The molecule has 3 nitrogen and oxygen atoms in total. The Morgan fingerprint density at radius 2 is 1.47 bits per heavy atom. The highest BCUT2D eigenvalue weighted by Crippen LogP contribution is 2.23. The Morgan fingerprint density at radius 3 is 2.13 bits per heavy atom. The third-order valence-corrected chi connectivity index (χ3v) is 5.84. The Kier molecular flexibility index (Phi) is 6.02. The van der Waals surface area contributed by atoms with Crippen molar-refractivity contribution in [2.75, 3.05) is 12.8 Å². The van der Waals surface area contributed by atoms with Gasteiger partial charge < -0.3 is 0 Å². The van der Waals surface area contributed by atoms with Crippen LogP contribution in [-0.2, 0) is 6.42 Å². The van der Waals surface area contributed by atoms with Crippen molar-refractivity contribution in [2.45, 2.75) is 17.7 Å². The average molecular weight is 412 g/mol. The molecule has 0 aromatic heterocycles. The van der Waals surface area contributed by atoms with Gasteiger partial charge in [0.1, 0.15) is 0 Å². The second-order valence-corrected chi connectivity index (χ2v) is 7.97. The van der Waals surface area contributed by atoms with Gasteiger partial charge in [0.25, 0.3) is 11.8 Å². The van der Waals surface area contributed by atoms with Gasteiger partial charge in [-0.2, -0.15) is 0 Å². The van der Waals surface area contributed by atoms with Crippen molar-refractivity contribution >= 4 is 23.6 Å². The number of carbonyl (C=O) groups is 2. The molecule has 148 valence electrons. The van der Waals surface area contributed by atoms with Crippen molar-refractivity contribution in [3.63, 3.8) is 0 Å². The lowest BCUT2D eigenvalue weighted by Crippen LogP contribution is -2.30. The molecule has 1 heterocycles. The monoisotopic (exact) mass is 411 g/mol. The highest BCUT2D eigenvalue weighted by atomic mass is 32.2. The number of imide groups is 1. The number of rotatable bonds is 5. The van der Waals surface area contributed by atoms with E-state index in [1.807, 2.05) is 24.3 Å². The third-order valence-electron chi connectivity index (χ3n) is 5.09. The van der Waals surface area contributed by atoms with Gasteiger partial charge in [-0.25, -0.2) is 0 Å². The van der Waals surface area contributed by atoms with Gasteiger partial charge in [-0.05, 0) is 73.2 Å². The second-order valence-electron chi connectivity index (χ2n) is 7.09. The first-order valence-corrected chi connectivity index (χ1v) is 11.1. The normalized spacial score (nSPS) is 12.5. The summed E-state index contributed by atoms with van der Waals surface area (Å²) < 4.78 is 0. The zero-order valence-electron chi connectivity index (χ0n) is 16.7. The summed E-state index contributed by atoms with van der Waals surface area (Å²) in [6.07, 6.45) is 3.56. The van der Waals surface area contributed by atoms with Crippen molar-refractivity contribution in [2.24, 2.45) is 0 Å². The number of benzene rings is 3. The average Bonchev–Trinajstić information content (AvgIpc) is 3.03. The first-order chi connectivity index (χ1) is 14.7. The molecule has 3 aromatic carbocycles. The summed E-state index contributed by atoms with van der Waals surface area (Å²) in [6.45, 7) is 0.421. The van der Waals surface area contributed by atoms with Crippen LogP contribution in [0.4, 0.5) is 0 Å². The largest absolute Gasteiger partial charge is 0.274 e. The highest BCUT2D eigenvalue weighted by Gasteiger charge is 2.34. The molecule has 4 heteroatoms. The first kappa shape index (κ1) is 20.0. The minimum absolute atomic E-state index is 0.192. The maximum Gasteiger partial charge on any atom is 0.261 e. The van der Waals surface area contributed by atoms with Crippen LogP contribution in [-0.4, -0.2) is 29.5 Å². The summed E-state index contributed by atoms with van der Waals surface area (Å²) in [6, 6.07) is 23.3. The fraction of sp³-hybridized carbons (Fsp3) is 0.154. The second kappa shape index (κ2) is 9.02. The highest BCUT2D eigenvalue weighted by molar-refractivity contribution is 7.98. The predicted octanol–water partition coefficient (Wildman–Crippen LogP) is 5.04. The van der Waals surface area contributed by atoms with E-state index in [1.165, 1.54) is 9.80 Å². The molecular weight excluding hydrogens is 390 g/mol. The summed E-state index contributed by atoms with van der Waals surface area (Å²) in [5.74, 6) is 6.04. The van der Waals surface area contributed by atoms with Crippen molar-refractivity contribution in [3.05, 3.63) is 101 Å². The van der Waals surface area contributed by atoms with Crippen LogP contribution >= 0.6 is 11.8 Å². The number of aryl methyl sites for hydroxylation is 1. The van der Waals surface area contributed by atoms with E-state index in [2.05, 4.69) is 42.4 Å². The summed E-state index contributed by atoms with van der Waals surface area (Å²) >= 11 is 1.71. The molecule has 3 aromatic rings. The fourth-order valence-electron chi connectivity index (χ4n) is 3.51. The van der Waals surface area contributed by atoms with Gasteiger partial charge in [-0.3, -0.25) is 14.5 Å². The van der Waals surface area contributed by atoms with E-state index in [1.54, 1.807) is 36.0 Å². The van der Waals surface area contributed by atoms with Crippen LogP contribution in [0.1, 0.15) is 43.8 Å². The molecule has 0 bridgehead atoms. The maximum atomic E-state index is 12.4. The summed E-state index contributed by atoms with van der Waals surface area (Å²) in [4.78, 5) is 27.5. The predicted molar refractivity (Wildman–Crippen MR) is 121 cm³/mol. The van der Waals surface area contributed by atoms with Crippen LogP contribution < -0.4 is 0 Å². The Hall–Kier alpha value is -3.29. The van der Waals surface area contributed by atoms with Crippen molar-refractivity contribution in [1.82, 2.24) is 4.90 Å².